The summed E-state index contributed by atoms with van der Waals surface area (Å²) in [4.78, 5) is 12.2. The first-order valence-electron chi connectivity index (χ1n) is 8.44. The van der Waals surface area contributed by atoms with Crippen molar-refractivity contribution >= 4 is 29.3 Å². The number of hydrogen-bond acceptors (Lipinski definition) is 3. The highest BCUT2D eigenvalue weighted by Gasteiger charge is 2.15. The molecule has 1 unspecified atom stereocenters. The number of aryl methyl sites for hydroxylation is 1. The van der Waals surface area contributed by atoms with E-state index in [9.17, 15) is 4.79 Å². The zero-order valence-corrected chi connectivity index (χ0v) is 16.2. The lowest BCUT2D eigenvalue weighted by Crippen LogP contribution is -2.37. The Morgan fingerprint density at radius 1 is 1.24 bits per heavy atom. The number of benzene rings is 2. The zero-order chi connectivity index (χ0) is 18.1. The predicted octanol–water partition coefficient (Wildman–Crippen LogP) is 4.72. The molecular weight excluding hydrogens is 354 g/mol. The highest BCUT2D eigenvalue weighted by molar-refractivity contribution is 7.98. The van der Waals surface area contributed by atoms with Crippen molar-refractivity contribution in [2.75, 3.05) is 12.3 Å². The Bertz CT molecular complexity index is 693. The molecule has 0 saturated heterocycles. The van der Waals surface area contributed by atoms with Gasteiger partial charge in [0.05, 0.1) is 0 Å². The number of para-hydroxylation sites is 1. The van der Waals surface area contributed by atoms with E-state index in [0.29, 0.717) is 6.54 Å². The average molecular weight is 378 g/mol. The molecule has 0 fully saturated rings. The summed E-state index contributed by atoms with van der Waals surface area (Å²) >= 11 is 7.73. The summed E-state index contributed by atoms with van der Waals surface area (Å²) in [6.45, 7) is 4.47. The number of thioether (sulfide) groups is 1. The summed E-state index contributed by atoms with van der Waals surface area (Å²) < 4.78 is 5.80. The van der Waals surface area contributed by atoms with Crippen molar-refractivity contribution < 1.29 is 9.53 Å². The topological polar surface area (TPSA) is 38.3 Å². The average Bonchev–Trinajstić information content (AvgIpc) is 2.61. The first kappa shape index (κ1) is 19.7. The third kappa shape index (κ3) is 6.63. The second-order valence-electron chi connectivity index (χ2n) is 5.69. The maximum atomic E-state index is 12.2. The van der Waals surface area contributed by atoms with Gasteiger partial charge in [-0.2, -0.15) is 11.8 Å². The fourth-order valence-electron chi connectivity index (χ4n) is 2.36. The molecule has 0 aromatic heterocycles. The van der Waals surface area contributed by atoms with Crippen molar-refractivity contribution in [2.45, 2.75) is 32.1 Å². The van der Waals surface area contributed by atoms with Crippen LogP contribution in [0.25, 0.3) is 0 Å². The van der Waals surface area contributed by atoms with Gasteiger partial charge in [0, 0.05) is 23.1 Å². The van der Waals surface area contributed by atoms with E-state index in [0.717, 1.165) is 34.3 Å². The molecule has 0 radical (unpaired) electrons. The van der Waals surface area contributed by atoms with Gasteiger partial charge >= 0.3 is 0 Å². The van der Waals surface area contributed by atoms with E-state index < -0.39 is 6.10 Å². The Kier molecular flexibility index (Phi) is 8.16. The van der Waals surface area contributed by atoms with Crippen molar-refractivity contribution in [3.8, 4) is 5.75 Å². The van der Waals surface area contributed by atoms with E-state index in [-0.39, 0.29) is 5.91 Å². The van der Waals surface area contributed by atoms with Gasteiger partial charge in [-0.05, 0) is 42.7 Å². The van der Waals surface area contributed by atoms with Gasteiger partial charge in [0.1, 0.15) is 5.75 Å². The Morgan fingerprint density at radius 3 is 2.80 bits per heavy atom. The summed E-state index contributed by atoms with van der Waals surface area (Å²) in [6, 6.07) is 15.7. The van der Waals surface area contributed by atoms with E-state index in [1.165, 1.54) is 5.56 Å². The van der Waals surface area contributed by atoms with Crippen LogP contribution in [0.15, 0.2) is 48.5 Å². The lowest BCUT2D eigenvalue weighted by atomic mass is 10.1. The van der Waals surface area contributed by atoms with Crippen LogP contribution in [0.4, 0.5) is 0 Å². The highest BCUT2D eigenvalue weighted by Crippen LogP contribution is 2.20. The number of carbonyl (C=O) groups excluding carboxylic acids is 1. The van der Waals surface area contributed by atoms with E-state index >= 15 is 0 Å². The summed E-state index contributed by atoms with van der Waals surface area (Å²) in [5.41, 5.74) is 2.30. The van der Waals surface area contributed by atoms with Crippen LogP contribution < -0.4 is 10.1 Å². The molecule has 1 N–H and O–H groups in total. The fourth-order valence-corrected chi connectivity index (χ4v) is 3.38. The van der Waals surface area contributed by atoms with Gasteiger partial charge in [-0.3, -0.25) is 4.79 Å². The number of carbonyl (C=O) groups is 1. The van der Waals surface area contributed by atoms with E-state index in [1.807, 2.05) is 42.5 Å². The van der Waals surface area contributed by atoms with Gasteiger partial charge in [-0.15, -0.1) is 0 Å². The van der Waals surface area contributed by atoms with Crippen molar-refractivity contribution in [1.29, 1.82) is 0 Å². The monoisotopic (exact) mass is 377 g/mol. The molecule has 1 atom stereocenters. The summed E-state index contributed by atoms with van der Waals surface area (Å²) in [5, 5.41) is 3.68. The molecule has 3 nitrogen and oxygen atoms in total. The Morgan fingerprint density at radius 2 is 2.04 bits per heavy atom. The maximum absolute atomic E-state index is 12.2. The van der Waals surface area contributed by atoms with Crippen molar-refractivity contribution in [3.63, 3.8) is 0 Å². The van der Waals surface area contributed by atoms with Gasteiger partial charge in [-0.25, -0.2) is 0 Å². The molecule has 5 heteroatoms. The maximum Gasteiger partial charge on any atom is 0.260 e. The second kappa shape index (κ2) is 10.4. The minimum Gasteiger partial charge on any atom is -0.481 e. The Hall–Kier alpha value is -1.65. The molecule has 2 aromatic carbocycles. The number of nitrogens with one attached hydrogen (secondary N) is 1. The lowest BCUT2D eigenvalue weighted by molar-refractivity contribution is -0.127. The summed E-state index contributed by atoms with van der Waals surface area (Å²) in [5.74, 6) is 2.42. The van der Waals surface area contributed by atoms with Crippen LogP contribution in [0.3, 0.4) is 0 Å². The normalized spacial score (nSPS) is 11.8. The SMILES string of the molecule is CCc1ccccc1OC(C)C(=O)NCCSCc1cccc(Cl)c1. The molecule has 25 heavy (non-hydrogen) atoms. The number of amides is 1. The molecule has 0 aliphatic rings. The van der Waals surface area contributed by atoms with E-state index in [4.69, 9.17) is 16.3 Å². The van der Waals surface area contributed by atoms with Gasteiger partial charge in [-0.1, -0.05) is 48.9 Å². The molecule has 2 aromatic rings. The molecule has 0 saturated carbocycles. The van der Waals surface area contributed by atoms with Crippen molar-refractivity contribution in [3.05, 3.63) is 64.7 Å². The smallest absolute Gasteiger partial charge is 0.260 e. The number of hydrogen-bond donors (Lipinski definition) is 1. The van der Waals surface area contributed by atoms with Gasteiger partial charge in [0.15, 0.2) is 6.10 Å². The van der Waals surface area contributed by atoms with E-state index in [2.05, 4.69) is 18.3 Å². The molecule has 134 valence electrons. The minimum atomic E-state index is -0.509. The van der Waals surface area contributed by atoms with Crippen LogP contribution >= 0.6 is 23.4 Å². The lowest BCUT2D eigenvalue weighted by Gasteiger charge is -2.16. The van der Waals surface area contributed by atoms with E-state index in [1.54, 1.807) is 18.7 Å². The molecular formula is C20H24ClNO2S. The molecule has 0 aliphatic heterocycles. The Balaban J connectivity index is 1.69. The van der Waals surface area contributed by atoms with Crippen LogP contribution in [0.1, 0.15) is 25.0 Å². The van der Waals surface area contributed by atoms with Gasteiger partial charge < -0.3 is 10.1 Å². The third-order valence-corrected chi connectivity index (χ3v) is 5.00. The molecule has 0 aliphatic carbocycles. The van der Waals surface area contributed by atoms with Crippen LogP contribution in [0, 0.1) is 0 Å². The zero-order valence-electron chi connectivity index (χ0n) is 14.6. The van der Waals surface area contributed by atoms with Gasteiger partial charge in [0.25, 0.3) is 5.91 Å². The van der Waals surface area contributed by atoms with Crippen molar-refractivity contribution in [1.82, 2.24) is 5.32 Å². The largest absolute Gasteiger partial charge is 0.481 e. The fraction of sp³-hybridized carbons (Fsp3) is 0.350. The predicted molar refractivity (Wildman–Crippen MR) is 107 cm³/mol. The quantitative estimate of drug-likeness (QED) is 0.642. The summed E-state index contributed by atoms with van der Waals surface area (Å²) in [6.07, 6.45) is 0.371. The number of halogens is 1. The van der Waals surface area contributed by atoms with Crippen LogP contribution in [-0.2, 0) is 17.0 Å². The first-order valence-corrected chi connectivity index (χ1v) is 9.98. The van der Waals surface area contributed by atoms with Crippen LogP contribution in [0.2, 0.25) is 5.02 Å². The Labute approximate surface area is 159 Å². The van der Waals surface area contributed by atoms with Crippen LogP contribution in [0.5, 0.6) is 5.75 Å². The van der Waals surface area contributed by atoms with Crippen LogP contribution in [-0.4, -0.2) is 24.3 Å². The molecule has 0 spiro atoms. The molecule has 0 bridgehead atoms. The first-order chi connectivity index (χ1) is 12.1. The standard InChI is InChI=1S/C20H24ClNO2S/c1-3-17-8-4-5-10-19(17)24-15(2)20(23)22-11-12-25-14-16-7-6-9-18(21)13-16/h4-10,13,15H,3,11-12,14H2,1-2H3,(H,22,23). The minimum absolute atomic E-state index is 0.0886. The van der Waals surface area contributed by atoms with Crippen molar-refractivity contribution in [2.24, 2.45) is 0 Å². The molecule has 0 heterocycles. The summed E-state index contributed by atoms with van der Waals surface area (Å²) in [7, 11) is 0. The third-order valence-electron chi connectivity index (χ3n) is 3.73. The number of rotatable bonds is 9. The van der Waals surface area contributed by atoms with Gasteiger partial charge in [0.2, 0.25) is 0 Å². The second-order valence-corrected chi connectivity index (χ2v) is 7.24. The highest BCUT2D eigenvalue weighted by atomic mass is 35.5. The molecule has 1 amide bonds. The number of ether oxygens (including phenoxy) is 1. The molecule has 2 rings (SSSR count).